The lowest BCUT2D eigenvalue weighted by molar-refractivity contribution is -0.152. The van der Waals surface area contributed by atoms with Crippen molar-refractivity contribution in [2.45, 2.75) is 19.3 Å². The third-order valence-corrected chi connectivity index (χ3v) is 3.51. The molecule has 0 aliphatic carbocycles. The highest BCUT2D eigenvalue weighted by Gasteiger charge is 2.35. The van der Waals surface area contributed by atoms with Gasteiger partial charge in [0.1, 0.15) is 0 Å². The minimum Gasteiger partial charge on any atom is -0.481 e. The molecule has 0 bridgehead atoms. The number of carbonyl (C=O) groups is 2. The van der Waals surface area contributed by atoms with Crippen LogP contribution in [-0.4, -0.2) is 48.1 Å². The molecule has 2 saturated heterocycles. The molecule has 0 aromatic heterocycles. The molecule has 0 aromatic rings. The highest BCUT2D eigenvalue weighted by atomic mass is 16.4. The standard InChI is InChI=1S/C11H18N2O3/c14-10(2-1-8-3-4-12-5-8)13-6-9(7-13)11(15)16/h8-9,12H,1-7H2,(H,15,16). The van der Waals surface area contributed by atoms with Crippen LogP contribution in [0.5, 0.6) is 0 Å². The quantitative estimate of drug-likeness (QED) is 0.703. The van der Waals surface area contributed by atoms with Gasteiger partial charge >= 0.3 is 5.97 Å². The topological polar surface area (TPSA) is 69.6 Å². The SMILES string of the molecule is O=C(O)C1CN(C(=O)CCC2CCNC2)C1. The van der Waals surface area contributed by atoms with E-state index in [1.165, 1.54) is 0 Å². The third kappa shape index (κ3) is 2.52. The monoisotopic (exact) mass is 226 g/mol. The normalized spacial score (nSPS) is 25.5. The van der Waals surface area contributed by atoms with Crippen molar-refractivity contribution < 1.29 is 14.7 Å². The largest absolute Gasteiger partial charge is 0.481 e. The Morgan fingerprint density at radius 1 is 1.38 bits per heavy atom. The minimum absolute atomic E-state index is 0.115. The van der Waals surface area contributed by atoms with E-state index in [9.17, 15) is 9.59 Å². The number of hydrogen-bond acceptors (Lipinski definition) is 3. The summed E-state index contributed by atoms with van der Waals surface area (Å²) in [4.78, 5) is 23.9. The first kappa shape index (κ1) is 11.4. The van der Waals surface area contributed by atoms with E-state index in [1.54, 1.807) is 4.90 Å². The van der Waals surface area contributed by atoms with Gasteiger partial charge < -0.3 is 15.3 Å². The Morgan fingerprint density at radius 2 is 2.12 bits per heavy atom. The molecule has 2 rings (SSSR count). The van der Waals surface area contributed by atoms with Crippen molar-refractivity contribution in [3.63, 3.8) is 0 Å². The number of carboxylic acid groups (broad SMARTS) is 1. The first-order valence-electron chi connectivity index (χ1n) is 5.88. The fraction of sp³-hybridized carbons (Fsp3) is 0.818. The highest BCUT2D eigenvalue weighted by molar-refractivity contribution is 5.80. The van der Waals surface area contributed by atoms with E-state index < -0.39 is 5.97 Å². The molecule has 1 unspecified atom stereocenters. The van der Waals surface area contributed by atoms with Crippen LogP contribution in [0.3, 0.4) is 0 Å². The Bertz CT molecular complexity index is 281. The number of likely N-dealkylation sites (tertiary alicyclic amines) is 1. The molecule has 16 heavy (non-hydrogen) atoms. The van der Waals surface area contributed by atoms with Gasteiger partial charge in [0.25, 0.3) is 0 Å². The summed E-state index contributed by atoms with van der Waals surface area (Å²) in [5.74, 6) is -0.383. The zero-order valence-electron chi connectivity index (χ0n) is 9.32. The maximum Gasteiger partial charge on any atom is 0.310 e. The molecular formula is C11H18N2O3. The fourth-order valence-corrected chi connectivity index (χ4v) is 2.28. The second-order valence-electron chi connectivity index (χ2n) is 4.73. The van der Waals surface area contributed by atoms with Crippen molar-refractivity contribution in [3.8, 4) is 0 Å². The predicted molar refractivity (Wildman–Crippen MR) is 57.9 cm³/mol. The van der Waals surface area contributed by atoms with Gasteiger partial charge in [-0.05, 0) is 31.8 Å². The Kier molecular flexibility index (Phi) is 3.43. The minimum atomic E-state index is -0.788. The molecule has 1 amide bonds. The molecule has 0 spiro atoms. The lowest BCUT2D eigenvalue weighted by Crippen LogP contribution is -2.53. The van der Waals surface area contributed by atoms with Crippen LogP contribution < -0.4 is 5.32 Å². The Balaban J connectivity index is 1.64. The second-order valence-corrected chi connectivity index (χ2v) is 4.73. The first-order valence-corrected chi connectivity index (χ1v) is 5.88. The molecule has 0 aromatic carbocycles. The average Bonchev–Trinajstić information content (AvgIpc) is 2.63. The Labute approximate surface area is 94.8 Å². The predicted octanol–water partition coefficient (Wildman–Crippen LogP) is -0.0809. The van der Waals surface area contributed by atoms with Gasteiger partial charge in [0, 0.05) is 19.5 Å². The summed E-state index contributed by atoms with van der Waals surface area (Å²) in [6, 6.07) is 0. The van der Waals surface area contributed by atoms with E-state index in [-0.39, 0.29) is 11.8 Å². The fourth-order valence-electron chi connectivity index (χ4n) is 2.28. The van der Waals surface area contributed by atoms with Crippen LogP contribution in [0.4, 0.5) is 0 Å². The number of nitrogens with zero attached hydrogens (tertiary/aromatic N) is 1. The van der Waals surface area contributed by atoms with Crippen LogP contribution in [0.1, 0.15) is 19.3 Å². The molecule has 2 aliphatic heterocycles. The van der Waals surface area contributed by atoms with Gasteiger partial charge in [-0.2, -0.15) is 0 Å². The number of aliphatic carboxylic acids is 1. The van der Waals surface area contributed by atoms with E-state index in [0.717, 1.165) is 25.9 Å². The van der Waals surface area contributed by atoms with Gasteiger partial charge in [-0.25, -0.2) is 0 Å². The summed E-state index contributed by atoms with van der Waals surface area (Å²) in [5, 5.41) is 12.0. The summed E-state index contributed by atoms with van der Waals surface area (Å²) in [5.41, 5.74) is 0. The molecule has 1 atom stereocenters. The molecule has 2 fully saturated rings. The Hall–Kier alpha value is -1.10. The van der Waals surface area contributed by atoms with Crippen molar-refractivity contribution in [2.75, 3.05) is 26.2 Å². The van der Waals surface area contributed by atoms with Crippen LogP contribution in [0, 0.1) is 11.8 Å². The number of carboxylic acids is 1. The van der Waals surface area contributed by atoms with Crippen molar-refractivity contribution in [1.29, 1.82) is 0 Å². The van der Waals surface area contributed by atoms with Crippen molar-refractivity contribution >= 4 is 11.9 Å². The number of carbonyl (C=O) groups excluding carboxylic acids is 1. The molecule has 0 saturated carbocycles. The molecule has 2 N–H and O–H groups in total. The van der Waals surface area contributed by atoms with Crippen LogP contribution in [0.2, 0.25) is 0 Å². The zero-order chi connectivity index (χ0) is 11.5. The lowest BCUT2D eigenvalue weighted by atomic mass is 9.97. The number of amides is 1. The van der Waals surface area contributed by atoms with E-state index in [4.69, 9.17) is 5.11 Å². The number of rotatable bonds is 4. The lowest BCUT2D eigenvalue weighted by Gasteiger charge is -2.36. The van der Waals surface area contributed by atoms with Crippen molar-refractivity contribution in [1.82, 2.24) is 10.2 Å². The summed E-state index contributed by atoms with van der Waals surface area (Å²) in [7, 11) is 0. The van der Waals surface area contributed by atoms with Crippen LogP contribution in [-0.2, 0) is 9.59 Å². The molecular weight excluding hydrogens is 208 g/mol. The summed E-state index contributed by atoms with van der Waals surface area (Å²) in [6.07, 6.45) is 2.66. The second kappa shape index (κ2) is 4.82. The zero-order valence-corrected chi connectivity index (χ0v) is 9.32. The van der Waals surface area contributed by atoms with Crippen LogP contribution >= 0.6 is 0 Å². The maximum atomic E-state index is 11.7. The number of nitrogens with one attached hydrogen (secondary N) is 1. The van der Waals surface area contributed by atoms with Crippen molar-refractivity contribution in [3.05, 3.63) is 0 Å². The van der Waals surface area contributed by atoms with E-state index >= 15 is 0 Å². The first-order chi connectivity index (χ1) is 7.66. The molecule has 0 radical (unpaired) electrons. The average molecular weight is 226 g/mol. The van der Waals surface area contributed by atoms with Gasteiger partial charge in [0.2, 0.25) is 5.91 Å². The third-order valence-electron chi connectivity index (χ3n) is 3.51. The van der Waals surface area contributed by atoms with Gasteiger partial charge in [-0.3, -0.25) is 9.59 Å². The van der Waals surface area contributed by atoms with Crippen molar-refractivity contribution in [2.24, 2.45) is 11.8 Å². The molecule has 5 heteroatoms. The summed E-state index contributed by atoms with van der Waals surface area (Å²) in [6.45, 7) is 2.88. The molecule has 5 nitrogen and oxygen atoms in total. The molecule has 90 valence electrons. The Morgan fingerprint density at radius 3 is 2.69 bits per heavy atom. The molecule has 2 aliphatic rings. The van der Waals surface area contributed by atoms with E-state index in [1.807, 2.05) is 0 Å². The van der Waals surface area contributed by atoms with Gasteiger partial charge in [0.15, 0.2) is 0 Å². The molecule has 2 heterocycles. The van der Waals surface area contributed by atoms with Crippen LogP contribution in [0.15, 0.2) is 0 Å². The van der Waals surface area contributed by atoms with Gasteiger partial charge in [-0.15, -0.1) is 0 Å². The van der Waals surface area contributed by atoms with E-state index in [2.05, 4.69) is 5.32 Å². The summed E-state index contributed by atoms with van der Waals surface area (Å²) < 4.78 is 0. The summed E-state index contributed by atoms with van der Waals surface area (Å²) >= 11 is 0. The smallest absolute Gasteiger partial charge is 0.310 e. The number of hydrogen-bond donors (Lipinski definition) is 2. The van der Waals surface area contributed by atoms with Gasteiger partial charge in [0.05, 0.1) is 5.92 Å². The highest BCUT2D eigenvalue weighted by Crippen LogP contribution is 2.20. The van der Waals surface area contributed by atoms with Gasteiger partial charge in [-0.1, -0.05) is 0 Å². The maximum absolute atomic E-state index is 11.7. The van der Waals surface area contributed by atoms with E-state index in [0.29, 0.717) is 25.4 Å². The van der Waals surface area contributed by atoms with Crippen LogP contribution in [0.25, 0.3) is 0 Å².